The molecule has 1 rings (SSSR count). The van der Waals surface area contributed by atoms with E-state index in [4.69, 9.17) is 4.74 Å². The summed E-state index contributed by atoms with van der Waals surface area (Å²) in [6.07, 6.45) is 4.02. The minimum atomic E-state index is -0.245. The quantitative estimate of drug-likeness (QED) is 0.411. The maximum Gasteiger partial charge on any atom is 0.191 e. The number of halogens is 1. The number of hydrogen-bond acceptors (Lipinski definition) is 3. The van der Waals surface area contributed by atoms with E-state index in [2.05, 4.69) is 35.7 Å². The molecular formula is C17H28FN3OS. The van der Waals surface area contributed by atoms with Crippen molar-refractivity contribution in [3.63, 3.8) is 0 Å². The molecular weight excluding hydrogens is 313 g/mol. The highest BCUT2D eigenvalue weighted by molar-refractivity contribution is 7.99. The molecule has 0 unspecified atom stereocenters. The second-order valence-electron chi connectivity index (χ2n) is 5.83. The van der Waals surface area contributed by atoms with E-state index in [0.717, 1.165) is 31.9 Å². The Balaban J connectivity index is 2.12. The Kier molecular flexibility index (Phi) is 8.84. The van der Waals surface area contributed by atoms with E-state index in [1.54, 1.807) is 19.2 Å². The van der Waals surface area contributed by atoms with Crippen LogP contribution < -0.4 is 15.4 Å². The van der Waals surface area contributed by atoms with Gasteiger partial charge in [-0.25, -0.2) is 4.39 Å². The van der Waals surface area contributed by atoms with Gasteiger partial charge in [-0.2, -0.15) is 11.8 Å². The van der Waals surface area contributed by atoms with Crippen LogP contribution in [-0.4, -0.2) is 43.7 Å². The van der Waals surface area contributed by atoms with E-state index in [9.17, 15) is 4.39 Å². The number of benzene rings is 1. The third-order valence-electron chi connectivity index (χ3n) is 3.40. The van der Waals surface area contributed by atoms with Crippen molar-refractivity contribution in [1.82, 2.24) is 10.6 Å². The number of unbranched alkanes of at least 4 members (excludes halogenated alkanes) is 1. The van der Waals surface area contributed by atoms with Crippen molar-refractivity contribution in [2.24, 2.45) is 4.99 Å². The molecule has 4 nitrogen and oxygen atoms in total. The lowest BCUT2D eigenvalue weighted by atomic mass is 10.2. The molecule has 0 atom stereocenters. The van der Waals surface area contributed by atoms with Crippen LogP contribution in [0.1, 0.15) is 26.7 Å². The van der Waals surface area contributed by atoms with Crippen LogP contribution in [0.2, 0.25) is 0 Å². The highest BCUT2D eigenvalue weighted by atomic mass is 32.2. The van der Waals surface area contributed by atoms with Crippen LogP contribution in [-0.2, 0) is 0 Å². The maximum absolute atomic E-state index is 12.8. The SMILES string of the molecule is CN=C(NCCCCOc1ccc(F)cc1)NCC(C)(C)SC. The zero-order chi connectivity index (χ0) is 17.1. The van der Waals surface area contributed by atoms with Gasteiger partial charge in [-0.3, -0.25) is 4.99 Å². The maximum atomic E-state index is 12.8. The standard InChI is InChI=1S/C17H28FN3OS/c1-17(2,23-4)13-21-16(19-3)20-11-5-6-12-22-15-9-7-14(18)8-10-15/h7-10H,5-6,11-13H2,1-4H3,(H2,19,20,21). The van der Waals surface area contributed by atoms with Gasteiger partial charge >= 0.3 is 0 Å². The van der Waals surface area contributed by atoms with Crippen LogP contribution in [0.4, 0.5) is 4.39 Å². The van der Waals surface area contributed by atoms with Crippen molar-refractivity contribution >= 4 is 17.7 Å². The van der Waals surface area contributed by atoms with Gasteiger partial charge < -0.3 is 15.4 Å². The molecule has 6 heteroatoms. The summed E-state index contributed by atoms with van der Waals surface area (Å²) < 4.78 is 18.5. The smallest absolute Gasteiger partial charge is 0.191 e. The monoisotopic (exact) mass is 341 g/mol. The molecule has 2 N–H and O–H groups in total. The Morgan fingerprint density at radius 3 is 2.52 bits per heavy atom. The average Bonchev–Trinajstić information content (AvgIpc) is 2.55. The first-order chi connectivity index (χ1) is 11.0. The van der Waals surface area contributed by atoms with E-state index < -0.39 is 0 Å². The summed E-state index contributed by atoms with van der Waals surface area (Å²) in [7, 11) is 1.78. The predicted octanol–water partition coefficient (Wildman–Crippen LogP) is 3.29. The molecule has 1 aromatic carbocycles. The Morgan fingerprint density at radius 2 is 1.91 bits per heavy atom. The third-order valence-corrected chi connectivity index (χ3v) is 4.65. The molecule has 0 aliphatic heterocycles. The molecule has 0 spiro atoms. The van der Waals surface area contributed by atoms with Crippen LogP contribution in [0.25, 0.3) is 0 Å². The van der Waals surface area contributed by atoms with Crippen LogP contribution in [0, 0.1) is 5.82 Å². The van der Waals surface area contributed by atoms with Gasteiger partial charge in [0.05, 0.1) is 6.61 Å². The molecule has 0 saturated heterocycles. The van der Waals surface area contributed by atoms with Gasteiger partial charge in [0, 0.05) is 24.9 Å². The lowest BCUT2D eigenvalue weighted by Gasteiger charge is -2.23. The van der Waals surface area contributed by atoms with E-state index in [-0.39, 0.29) is 10.6 Å². The molecule has 0 aliphatic rings. The number of guanidine groups is 1. The second kappa shape index (κ2) is 10.4. The van der Waals surface area contributed by atoms with Crippen molar-refractivity contribution in [1.29, 1.82) is 0 Å². The summed E-state index contributed by atoms with van der Waals surface area (Å²) in [5.41, 5.74) is 0. The Morgan fingerprint density at radius 1 is 1.22 bits per heavy atom. The molecule has 0 radical (unpaired) electrons. The van der Waals surface area contributed by atoms with E-state index >= 15 is 0 Å². The zero-order valence-corrected chi connectivity index (χ0v) is 15.3. The molecule has 23 heavy (non-hydrogen) atoms. The average molecular weight is 341 g/mol. The normalized spacial score (nSPS) is 12.1. The molecule has 0 heterocycles. The highest BCUT2D eigenvalue weighted by Crippen LogP contribution is 2.19. The molecule has 130 valence electrons. The number of thioether (sulfide) groups is 1. The largest absolute Gasteiger partial charge is 0.494 e. The second-order valence-corrected chi connectivity index (χ2v) is 7.34. The molecule has 1 aromatic rings. The van der Waals surface area contributed by atoms with Gasteiger partial charge in [-0.05, 0) is 57.2 Å². The highest BCUT2D eigenvalue weighted by Gasteiger charge is 2.15. The molecule has 0 amide bonds. The van der Waals surface area contributed by atoms with Crippen LogP contribution in [0.15, 0.2) is 29.3 Å². The van der Waals surface area contributed by atoms with Gasteiger partial charge in [0.1, 0.15) is 11.6 Å². The lowest BCUT2D eigenvalue weighted by molar-refractivity contribution is 0.306. The topological polar surface area (TPSA) is 45.7 Å². The van der Waals surface area contributed by atoms with Crippen molar-refractivity contribution in [2.75, 3.05) is 33.0 Å². The van der Waals surface area contributed by atoms with Crippen LogP contribution in [0.5, 0.6) is 5.75 Å². The zero-order valence-electron chi connectivity index (χ0n) is 14.5. The van der Waals surface area contributed by atoms with E-state index in [1.807, 2.05) is 11.8 Å². The number of rotatable bonds is 9. The van der Waals surface area contributed by atoms with E-state index in [1.165, 1.54) is 12.1 Å². The number of nitrogens with zero attached hydrogens (tertiary/aromatic N) is 1. The Hall–Kier alpha value is -1.43. The van der Waals surface area contributed by atoms with Gasteiger partial charge in [0.15, 0.2) is 5.96 Å². The molecule has 0 fully saturated rings. The fourth-order valence-electron chi connectivity index (χ4n) is 1.74. The first-order valence-corrected chi connectivity index (χ1v) is 9.07. The Labute approximate surface area is 143 Å². The lowest BCUT2D eigenvalue weighted by Crippen LogP contribution is -2.43. The van der Waals surface area contributed by atoms with Gasteiger partial charge in [-0.1, -0.05) is 0 Å². The van der Waals surface area contributed by atoms with Gasteiger partial charge in [-0.15, -0.1) is 0 Å². The third kappa shape index (κ3) is 8.69. The number of aliphatic imine (C=N–C) groups is 1. The van der Waals surface area contributed by atoms with Crippen molar-refractivity contribution < 1.29 is 9.13 Å². The summed E-state index contributed by atoms with van der Waals surface area (Å²) in [5.74, 6) is 1.28. The van der Waals surface area contributed by atoms with Gasteiger partial charge in [0.2, 0.25) is 0 Å². The molecule has 0 saturated carbocycles. The predicted molar refractivity (Wildman–Crippen MR) is 98.1 cm³/mol. The first kappa shape index (κ1) is 19.6. The first-order valence-electron chi connectivity index (χ1n) is 7.85. The summed E-state index contributed by atoms with van der Waals surface area (Å²) in [6.45, 7) is 6.72. The van der Waals surface area contributed by atoms with Crippen LogP contribution >= 0.6 is 11.8 Å². The van der Waals surface area contributed by atoms with Crippen LogP contribution in [0.3, 0.4) is 0 Å². The number of hydrogen-bond donors (Lipinski definition) is 2. The molecule has 0 bridgehead atoms. The molecule has 0 aliphatic carbocycles. The summed E-state index contributed by atoms with van der Waals surface area (Å²) in [4.78, 5) is 4.22. The fourth-order valence-corrected chi connectivity index (χ4v) is 1.96. The van der Waals surface area contributed by atoms with Gasteiger partial charge in [0.25, 0.3) is 0 Å². The minimum Gasteiger partial charge on any atom is -0.494 e. The van der Waals surface area contributed by atoms with Crippen molar-refractivity contribution in [3.05, 3.63) is 30.1 Å². The summed E-state index contributed by atoms with van der Waals surface area (Å²) in [5, 5.41) is 6.63. The van der Waals surface area contributed by atoms with Crippen molar-refractivity contribution in [3.8, 4) is 5.75 Å². The Bertz CT molecular complexity index is 477. The van der Waals surface area contributed by atoms with Crippen molar-refractivity contribution in [2.45, 2.75) is 31.4 Å². The fraction of sp³-hybridized carbons (Fsp3) is 0.588. The summed E-state index contributed by atoms with van der Waals surface area (Å²) in [6, 6.07) is 6.10. The molecule has 0 aromatic heterocycles. The summed E-state index contributed by atoms with van der Waals surface area (Å²) >= 11 is 1.83. The number of nitrogens with one attached hydrogen (secondary N) is 2. The van der Waals surface area contributed by atoms with E-state index in [0.29, 0.717) is 12.4 Å². The number of ether oxygens (including phenoxy) is 1. The minimum absolute atomic E-state index is 0.181.